The third kappa shape index (κ3) is 3.13. The zero-order valence-electron chi connectivity index (χ0n) is 12.2. The Labute approximate surface area is 121 Å². The summed E-state index contributed by atoms with van der Waals surface area (Å²) in [5, 5.41) is 0.797. The van der Waals surface area contributed by atoms with Gasteiger partial charge >= 0.3 is 0 Å². The standard InChI is InChI=1S/C16H25ClN2/c1-15(2,3)11-4-5-13(14(17)10-11)16(19)8-6-12(18)7-9-16/h4-5,10,12H,6-9,18-19H2,1-3H3. The van der Waals surface area contributed by atoms with Gasteiger partial charge in [-0.15, -0.1) is 0 Å². The number of halogens is 1. The first-order chi connectivity index (χ1) is 8.72. The third-order valence-electron chi connectivity index (χ3n) is 4.29. The fourth-order valence-electron chi connectivity index (χ4n) is 2.81. The predicted molar refractivity (Wildman–Crippen MR) is 82.5 cm³/mol. The molecule has 0 aromatic heterocycles. The molecule has 1 aromatic carbocycles. The smallest absolute Gasteiger partial charge is 0.0459 e. The quantitative estimate of drug-likeness (QED) is 0.824. The van der Waals surface area contributed by atoms with Crippen molar-refractivity contribution in [1.29, 1.82) is 0 Å². The second kappa shape index (κ2) is 5.08. The van der Waals surface area contributed by atoms with Crippen LogP contribution in [0.15, 0.2) is 18.2 Å². The molecule has 0 radical (unpaired) electrons. The van der Waals surface area contributed by atoms with Gasteiger partial charge in [0.2, 0.25) is 0 Å². The summed E-state index contributed by atoms with van der Waals surface area (Å²) in [6, 6.07) is 6.63. The van der Waals surface area contributed by atoms with E-state index in [-0.39, 0.29) is 11.0 Å². The number of nitrogens with two attached hydrogens (primary N) is 2. The first kappa shape index (κ1) is 14.8. The van der Waals surface area contributed by atoms with Crippen LogP contribution in [0.5, 0.6) is 0 Å². The van der Waals surface area contributed by atoms with E-state index in [1.165, 1.54) is 5.56 Å². The molecule has 0 amide bonds. The highest BCUT2D eigenvalue weighted by Gasteiger charge is 2.34. The molecule has 1 aliphatic rings. The minimum Gasteiger partial charge on any atom is -0.328 e. The van der Waals surface area contributed by atoms with Crippen LogP contribution >= 0.6 is 11.6 Å². The van der Waals surface area contributed by atoms with Gasteiger partial charge in [-0.05, 0) is 48.3 Å². The SMILES string of the molecule is CC(C)(C)c1ccc(C2(N)CCC(N)CC2)c(Cl)c1. The summed E-state index contributed by atoms with van der Waals surface area (Å²) in [4.78, 5) is 0. The van der Waals surface area contributed by atoms with E-state index in [1.54, 1.807) is 0 Å². The second-order valence-corrected chi connectivity index (χ2v) is 7.35. The summed E-state index contributed by atoms with van der Waals surface area (Å²) < 4.78 is 0. The molecule has 0 spiro atoms. The van der Waals surface area contributed by atoms with Crippen LogP contribution in [0.4, 0.5) is 0 Å². The van der Waals surface area contributed by atoms with Gasteiger partial charge in [0, 0.05) is 16.6 Å². The van der Waals surface area contributed by atoms with Crippen molar-refractivity contribution in [2.45, 2.75) is 63.5 Å². The van der Waals surface area contributed by atoms with Crippen molar-refractivity contribution >= 4 is 11.6 Å². The Balaban J connectivity index is 2.31. The number of hydrogen-bond acceptors (Lipinski definition) is 2. The molecule has 0 aliphatic heterocycles. The van der Waals surface area contributed by atoms with Crippen LogP contribution < -0.4 is 11.5 Å². The van der Waals surface area contributed by atoms with Gasteiger partial charge in [0.1, 0.15) is 0 Å². The van der Waals surface area contributed by atoms with Crippen LogP contribution in [0.1, 0.15) is 57.6 Å². The highest BCUT2D eigenvalue weighted by molar-refractivity contribution is 6.31. The Kier molecular flexibility index (Phi) is 3.97. The maximum absolute atomic E-state index is 6.56. The minimum atomic E-state index is -0.302. The first-order valence-electron chi connectivity index (χ1n) is 7.07. The van der Waals surface area contributed by atoms with Gasteiger partial charge in [-0.1, -0.05) is 44.5 Å². The molecule has 1 saturated carbocycles. The first-order valence-corrected chi connectivity index (χ1v) is 7.45. The van der Waals surface area contributed by atoms with Crippen molar-refractivity contribution in [3.8, 4) is 0 Å². The van der Waals surface area contributed by atoms with Gasteiger partial charge in [-0.3, -0.25) is 0 Å². The van der Waals surface area contributed by atoms with E-state index >= 15 is 0 Å². The minimum absolute atomic E-state index is 0.110. The van der Waals surface area contributed by atoms with Gasteiger partial charge in [0.25, 0.3) is 0 Å². The number of hydrogen-bond donors (Lipinski definition) is 2. The molecular formula is C16H25ClN2. The van der Waals surface area contributed by atoms with Crippen molar-refractivity contribution in [3.63, 3.8) is 0 Å². The fourth-order valence-corrected chi connectivity index (χ4v) is 3.18. The molecule has 19 heavy (non-hydrogen) atoms. The zero-order valence-corrected chi connectivity index (χ0v) is 12.9. The molecule has 1 aliphatic carbocycles. The maximum atomic E-state index is 6.56. The van der Waals surface area contributed by atoms with Crippen LogP contribution in [-0.2, 0) is 11.0 Å². The molecule has 0 atom stereocenters. The molecule has 106 valence electrons. The van der Waals surface area contributed by atoms with Crippen molar-refractivity contribution in [2.24, 2.45) is 11.5 Å². The van der Waals surface area contributed by atoms with Crippen LogP contribution in [0.2, 0.25) is 5.02 Å². The highest BCUT2D eigenvalue weighted by Crippen LogP contribution is 2.39. The van der Waals surface area contributed by atoms with Gasteiger partial charge in [-0.25, -0.2) is 0 Å². The molecular weight excluding hydrogens is 256 g/mol. The van der Waals surface area contributed by atoms with E-state index in [2.05, 4.69) is 39.0 Å². The van der Waals surface area contributed by atoms with Gasteiger partial charge in [0.15, 0.2) is 0 Å². The lowest BCUT2D eigenvalue weighted by Crippen LogP contribution is -2.43. The van der Waals surface area contributed by atoms with E-state index in [0.29, 0.717) is 6.04 Å². The van der Waals surface area contributed by atoms with Crippen LogP contribution in [0.3, 0.4) is 0 Å². The summed E-state index contributed by atoms with van der Waals surface area (Å²) in [6.07, 6.45) is 3.80. The van der Waals surface area contributed by atoms with Gasteiger partial charge in [-0.2, -0.15) is 0 Å². The molecule has 2 rings (SSSR count). The zero-order chi connectivity index (χ0) is 14.3. The van der Waals surface area contributed by atoms with Crippen molar-refractivity contribution in [2.75, 3.05) is 0 Å². The normalized spacial score (nSPS) is 28.4. The molecule has 3 heteroatoms. The Bertz CT molecular complexity index is 454. The molecule has 0 heterocycles. The van der Waals surface area contributed by atoms with E-state index in [9.17, 15) is 0 Å². The molecule has 0 bridgehead atoms. The van der Waals surface area contributed by atoms with E-state index in [0.717, 1.165) is 36.3 Å². The molecule has 1 fully saturated rings. The lowest BCUT2D eigenvalue weighted by atomic mass is 9.75. The Morgan fingerprint density at radius 1 is 1.21 bits per heavy atom. The average Bonchev–Trinajstić information content (AvgIpc) is 2.32. The largest absolute Gasteiger partial charge is 0.328 e. The molecule has 4 N–H and O–H groups in total. The average molecular weight is 281 g/mol. The number of benzene rings is 1. The van der Waals surface area contributed by atoms with Gasteiger partial charge < -0.3 is 11.5 Å². The monoisotopic (exact) mass is 280 g/mol. The molecule has 0 saturated heterocycles. The molecule has 0 unspecified atom stereocenters. The van der Waals surface area contributed by atoms with Crippen molar-refractivity contribution in [3.05, 3.63) is 34.3 Å². The fraction of sp³-hybridized carbons (Fsp3) is 0.625. The highest BCUT2D eigenvalue weighted by atomic mass is 35.5. The van der Waals surface area contributed by atoms with Crippen LogP contribution in [-0.4, -0.2) is 6.04 Å². The van der Waals surface area contributed by atoms with Crippen LogP contribution in [0, 0.1) is 0 Å². The lowest BCUT2D eigenvalue weighted by molar-refractivity contribution is 0.277. The summed E-state index contributed by atoms with van der Waals surface area (Å²) in [5.41, 5.74) is 14.7. The summed E-state index contributed by atoms with van der Waals surface area (Å²) in [5.74, 6) is 0. The Hall–Kier alpha value is -0.570. The predicted octanol–water partition coefficient (Wildman–Crippen LogP) is 3.69. The van der Waals surface area contributed by atoms with E-state index in [1.807, 2.05) is 0 Å². The Morgan fingerprint density at radius 3 is 2.26 bits per heavy atom. The summed E-state index contributed by atoms with van der Waals surface area (Å²) in [6.45, 7) is 6.57. The lowest BCUT2D eigenvalue weighted by Gasteiger charge is -2.37. The van der Waals surface area contributed by atoms with Crippen molar-refractivity contribution < 1.29 is 0 Å². The molecule has 1 aromatic rings. The Morgan fingerprint density at radius 2 is 1.79 bits per heavy atom. The number of rotatable bonds is 1. The van der Waals surface area contributed by atoms with Gasteiger partial charge in [0.05, 0.1) is 0 Å². The van der Waals surface area contributed by atoms with E-state index in [4.69, 9.17) is 23.1 Å². The maximum Gasteiger partial charge on any atom is 0.0459 e. The second-order valence-electron chi connectivity index (χ2n) is 6.94. The van der Waals surface area contributed by atoms with E-state index < -0.39 is 0 Å². The summed E-state index contributed by atoms with van der Waals surface area (Å²) in [7, 11) is 0. The summed E-state index contributed by atoms with van der Waals surface area (Å²) >= 11 is 6.48. The topological polar surface area (TPSA) is 52.0 Å². The van der Waals surface area contributed by atoms with Crippen molar-refractivity contribution in [1.82, 2.24) is 0 Å². The van der Waals surface area contributed by atoms with Crippen LogP contribution in [0.25, 0.3) is 0 Å². The molecule has 2 nitrogen and oxygen atoms in total. The third-order valence-corrected chi connectivity index (χ3v) is 4.61.